The molecule has 3 N–H and O–H groups in total. The number of rotatable bonds is 5. The Morgan fingerprint density at radius 1 is 1.03 bits per heavy atom. The van der Waals surface area contributed by atoms with E-state index in [-0.39, 0.29) is 17.5 Å². The Balaban J connectivity index is 1.38. The first-order valence-electron chi connectivity index (χ1n) is 9.20. The van der Waals surface area contributed by atoms with Crippen LogP contribution in [0.5, 0.6) is 11.5 Å². The lowest BCUT2D eigenvalue weighted by atomic mass is 10.2. The second-order valence-corrected chi connectivity index (χ2v) is 8.36. The fraction of sp³-hybridized carbons (Fsp3) is 0.263. The summed E-state index contributed by atoms with van der Waals surface area (Å²) in [5, 5.41) is 7.69. The van der Waals surface area contributed by atoms with Crippen molar-refractivity contribution in [2.75, 3.05) is 43.1 Å². The molecule has 2 aliphatic heterocycles. The zero-order valence-electron chi connectivity index (χ0n) is 15.9. The molecule has 1 fully saturated rings. The molecule has 10 nitrogen and oxygen atoms in total. The van der Waals surface area contributed by atoms with Crippen LogP contribution in [-0.2, 0) is 14.8 Å². The zero-order chi connectivity index (χ0) is 21.3. The summed E-state index contributed by atoms with van der Waals surface area (Å²) in [5.74, 6) is 0.836. The number of carbonyl (C=O) groups is 2. The van der Waals surface area contributed by atoms with Crippen LogP contribution in [0.1, 0.15) is 0 Å². The molecule has 2 aliphatic rings. The number of ether oxygens (including phenoxy) is 2. The Labute approximate surface area is 173 Å². The van der Waals surface area contributed by atoms with Crippen molar-refractivity contribution in [3.63, 3.8) is 0 Å². The molecule has 4 rings (SSSR count). The molecule has 0 aliphatic carbocycles. The average Bonchev–Trinajstić information content (AvgIpc) is 3.07. The van der Waals surface area contributed by atoms with Crippen LogP contribution in [0.25, 0.3) is 0 Å². The number of urea groups is 1. The minimum absolute atomic E-state index is 0.0507. The maximum absolute atomic E-state index is 12.7. The van der Waals surface area contributed by atoms with Gasteiger partial charge in [0.25, 0.3) is 0 Å². The Morgan fingerprint density at radius 2 is 1.73 bits per heavy atom. The first-order valence-corrected chi connectivity index (χ1v) is 10.7. The largest absolute Gasteiger partial charge is 0.486 e. The number of amides is 3. The lowest BCUT2D eigenvalue weighted by molar-refractivity contribution is -0.116. The number of fused-ring (bicyclic) bond motifs is 1. The number of nitrogens with two attached hydrogens (primary N) is 1. The van der Waals surface area contributed by atoms with E-state index in [4.69, 9.17) is 14.6 Å². The third-order valence-corrected chi connectivity index (χ3v) is 5.66. The smallest absolute Gasteiger partial charge is 0.325 e. The van der Waals surface area contributed by atoms with Crippen molar-refractivity contribution in [1.29, 1.82) is 0 Å². The van der Waals surface area contributed by atoms with Crippen LogP contribution in [0.2, 0.25) is 0 Å². The van der Waals surface area contributed by atoms with Crippen molar-refractivity contribution < 1.29 is 27.5 Å². The monoisotopic (exact) mass is 432 g/mol. The summed E-state index contributed by atoms with van der Waals surface area (Å²) in [6, 6.07) is 10.5. The van der Waals surface area contributed by atoms with Crippen molar-refractivity contribution in [3.8, 4) is 11.5 Å². The quantitative estimate of drug-likeness (QED) is 0.724. The van der Waals surface area contributed by atoms with Crippen molar-refractivity contribution >= 4 is 33.3 Å². The predicted octanol–water partition coefficient (Wildman–Crippen LogP) is 0.986. The molecule has 3 amide bonds. The molecule has 0 aromatic heterocycles. The Hall–Kier alpha value is -3.31. The summed E-state index contributed by atoms with van der Waals surface area (Å²) >= 11 is 0. The number of anilines is 2. The highest BCUT2D eigenvalue weighted by molar-refractivity contribution is 7.89. The molecule has 0 atom stereocenters. The molecule has 11 heteroatoms. The first kappa shape index (κ1) is 20.0. The topological polar surface area (TPSA) is 131 Å². The maximum atomic E-state index is 12.7. The summed E-state index contributed by atoms with van der Waals surface area (Å²) in [7, 11) is -3.80. The van der Waals surface area contributed by atoms with Crippen LogP contribution < -0.4 is 24.8 Å². The molecule has 30 heavy (non-hydrogen) atoms. The number of nitrogens with one attached hydrogen (secondary N) is 1. The number of benzene rings is 2. The van der Waals surface area contributed by atoms with E-state index >= 15 is 0 Å². The lowest BCUT2D eigenvalue weighted by Gasteiger charge is -2.22. The summed E-state index contributed by atoms with van der Waals surface area (Å²) < 4.78 is 33.6. The van der Waals surface area contributed by atoms with Crippen molar-refractivity contribution in [1.82, 2.24) is 4.90 Å². The maximum Gasteiger partial charge on any atom is 0.325 e. The summed E-state index contributed by atoms with van der Waals surface area (Å²) in [4.78, 5) is 28.0. The van der Waals surface area contributed by atoms with Gasteiger partial charge in [0.1, 0.15) is 19.8 Å². The molecular formula is C19H20N4O6S. The van der Waals surface area contributed by atoms with Crippen LogP contribution in [0, 0.1) is 0 Å². The fourth-order valence-corrected chi connectivity index (χ4v) is 3.79. The third-order valence-electron chi connectivity index (χ3n) is 4.73. The summed E-state index contributed by atoms with van der Waals surface area (Å²) in [6.45, 7) is 1.65. The molecule has 0 saturated carbocycles. The summed E-state index contributed by atoms with van der Waals surface area (Å²) in [5.41, 5.74) is 1.08. The molecule has 1 saturated heterocycles. The van der Waals surface area contributed by atoms with Crippen molar-refractivity contribution in [3.05, 3.63) is 42.5 Å². The standard InChI is InChI=1S/C19H20N4O6S/c20-30(26,27)15-4-1-13(2-5-15)21-18(24)12-22-7-8-23(19(22)25)14-3-6-16-17(11-14)29-10-9-28-16/h1-6,11H,7-10,12H2,(H,21,24)(H2,20,26,27). The lowest BCUT2D eigenvalue weighted by Crippen LogP contribution is -2.37. The third kappa shape index (κ3) is 4.16. The van der Waals surface area contributed by atoms with Gasteiger partial charge in [-0.2, -0.15) is 0 Å². The van der Waals surface area contributed by atoms with Gasteiger partial charge in [0.05, 0.1) is 4.90 Å². The highest BCUT2D eigenvalue weighted by Gasteiger charge is 2.31. The van der Waals surface area contributed by atoms with Gasteiger partial charge in [0.2, 0.25) is 15.9 Å². The number of sulfonamides is 1. The van der Waals surface area contributed by atoms with E-state index in [2.05, 4.69) is 5.32 Å². The van der Waals surface area contributed by atoms with Gasteiger partial charge in [-0.3, -0.25) is 9.69 Å². The molecule has 2 heterocycles. The van der Waals surface area contributed by atoms with Gasteiger partial charge < -0.3 is 19.7 Å². The van der Waals surface area contributed by atoms with Gasteiger partial charge >= 0.3 is 6.03 Å². The van der Waals surface area contributed by atoms with E-state index in [1.807, 2.05) is 0 Å². The predicted molar refractivity (Wildman–Crippen MR) is 108 cm³/mol. The van der Waals surface area contributed by atoms with Gasteiger partial charge in [-0.05, 0) is 36.4 Å². The average molecular weight is 432 g/mol. The van der Waals surface area contributed by atoms with Gasteiger partial charge in [-0.25, -0.2) is 18.4 Å². The highest BCUT2D eigenvalue weighted by atomic mass is 32.2. The number of hydrogen-bond donors (Lipinski definition) is 2. The van der Waals surface area contributed by atoms with Crippen LogP contribution in [0.3, 0.4) is 0 Å². The molecule has 158 valence electrons. The minimum Gasteiger partial charge on any atom is -0.486 e. The van der Waals surface area contributed by atoms with E-state index in [9.17, 15) is 18.0 Å². The van der Waals surface area contributed by atoms with E-state index in [0.29, 0.717) is 49.2 Å². The van der Waals surface area contributed by atoms with Crippen molar-refractivity contribution in [2.45, 2.75) is 4.90 Å². The van der Waals surface area contributed by atoms with Crippen LogP contribution >= 0.6 is 0 Å². The van der Waals surface area contributed by atoms with Gasteiger partial charge in [-0.1, -0.05) is 0 Å². The van der Waals surface area contributed by atoms with E-state index < -0.39 is 15.9 Å². The van der Waals surface area contributed by atoms with Gasteiger partial charge in [-0.15, -0.1) is 0 Å². The number of carbonyl (C=O) groups excluding carboxylic acids is 2. The SMILES string of the molecule is NS(=O)(=O)c1ccc(NC(=O)CN2CCN(c3ccc4c(c3)OCCO4)C2=O)cc1. The van der Waals surface area contributed by atoms with E-state index in [1.165, 1.54) is 29.2 Å². The number of primary sulfonamides is 1. The molecule has 0 radical (unpaired) electrons. The van der Waals surface area contributed by atoms with Crippen LogP contribution in [0.15, 0.2) is 47.4 Å². The molecule has 0 spiro atoms. The van der Waals surface area contributed by atoms with E-state index in [0.717, 1.165) is 0 Å². The highest BCUT2D eigenvalue weighted by Crippen LogP contribution is 2.35. The molecule has 0 bridgehead atoms. The van der Waals surface area contributed by atoms with Crippen LogP contribution in [0.4, 0.5) is 16.2 Å². The van der Waals surface area contributed by atoms with Crippen molar-refractivity contribution in [2.24, 2.45) is 5.14 Å². The van der Waals surface area contributed by atoms with Gasteiger partial charge in [0.15, 0.2) is 11.5 Å². The molecule has 2 aromatic carbocycles. The molecule has 2 aromatic rings. The Kier molecular flexibility index (Phi) is 5.22. The molecule has 0 unspecified atom stereocenters. The van der Waals surface area contributed by atoms with Gasteiger partial charge in [0, 0.05) is 30.5 Å². The number of hydrogen-bond acceptors (Lipinski definition) is 6. The Morgan fingerprint density at radius 3 is 2.43 bits per heavy atom. The van der Waals surface area contributed by atoms with E-state index in [1.54, 1.807) is 23.1 Å². The minimum atomic E-state index is -3.80. The summed E-state index contributed by atoms with van der Waals surface area (Å²) in [6.07, 6.45) is 0. The zero-order valence-corrected chi connectivity index (χ0v) is 16.7. The second kappa shape index (κ2) is 7.84. The second-order valence-electron chi connectivity index (χ2n) is 6.80. The fourth-order valence-electron chi connectivity index (χ4n) is 3.27. The first-order chi connectivity index (χ1) is 14.3. The molecular weight excluding hydrogens is 412 g/mol. The number of nitrogens with zero attached hydrogens (tertiary/aromatic N) is 2. The Bertz CT molecular complexity index is 1090. The normalized spacial score (nSPS) is 16.0. The van der Waals surface area contributed by atoms with Crippen LogP contribution in [-0.4, -0.2) is 58.1 Å².